The third-order valence-electron chi connectivity index (χ3n) is 4.03. The molecule has 3 heterocycles. The maximum atomic E-state index is 12.1. The summed E-state index contributed by atoms with van der Waals surface area (Å²) < 4.78 is 10.8. The van der Waals surface area contributed by atoms with Gasteiger partial charge >= 0.3 is 5.97 Å². The number of thiazole rings is 1. The number of rotatable bonds is 7. The van der Waals surface area contributed by atoms with Gasteiger partial charge in [-0.1, -0.05) is 17.7 Å². The molecule has 1 aromatic carbocycles. The van der Waals surface area contributed by atoms with Crippen molar-refractivity contribution >= 4 is 46.2 Å². The minimum absolute atomic E-state index is 0.184. The normalized spacial score (nSPS) is 10.7. The second-order valence-electron chi connectivity index (χ2n) is 6.14. The summed E-state index contributed by atoms with van der Waals surface area (Å²) in [5.74, 6) is 0.195. The van der Waals surface area contributed by atoms with Crippen molar-refractivity contribution in [3.8, 4) is 21.2 Å². The van der Waals surface area contributed by atoms with Crippen molar-refractivity contribution in [3.63, 3.8) is 0 Å². The molecule has 0 unspecified atom stereocenters. The van der Waals surface area contributed by atoms with Crippen LogP contribution in [0.4, 0.5) is 0 Å². The summed E-state index contributed by atoms with van der Waals surface area (Å²) in [6.07, 6.45) is 0. The van der Waals surface area contributed by atoms with Crippen LogP contribution in [0.5, 0.6) is 0 Å². The van der Waals surface area contributed by atoms with E-state index in [2.05, 4.69) is 10.3 Å². The number of halogens is 1. The predicted molar refractivity (Wildman–Crippen MR) is 117 cm³/mol. The molecule has 0 aliphatic carbocycles. The molecule has 152 valence electrons. The largest absolute Gasteiger partial charge is 0.459 e. The number of nitrogens with zero attached hydrogens (tertiary/aromatic N) is 1. The summed E-state index contributed by atoms with van der Waals surface area (Å²) >= 11 is 8.79. The Kier molecular flexibility index (Phi) is 6.27. The maximum Gasteiger partial charge on any atom is 0.358 e. The van der Waals surface area contributed by atoms with Gasteiger partial charge in [0.15, 0.2) is 12.3 Å². The highest BCUT2D eigenvalue weighted by Gasteiger charge is 2.15. The summed E-state index contributed by atoms with van der Waals surface area (Å²) in [5, 5.41) is 7.61. The first-order valence-electron chi connectivity index (χ1n) is 8.86. The fourth-order valence-electron chi connectivity index (χ4n) is 2.56. The van der Waals surface area contributed by atoms with Crippen molar-refractivity contribution in [2.45, 2.75) is 6.54 Å². The van der Waals surface area contributed by atoms with Crippen molar-refractivity contribution in [2.75, 3.05) is 6.61 Å². The van der Waals surface area contributed by atoms with E-state index in [9.17, 15) is 9.59 Å². The van der Waals surface area contributed by atoms with Crippen LogP contribution in [0.1, 0.15) is 16.2 Å². The zero-order chi connectivity index (χ0) is 20.9. The summed E-state index contributed by atoms with van der Waals surface area (Å²) in [7, 11) is 0. The number of ether oxygens (including phenoxy) is 1. The number of amides is 1. The van der Waals surface area contributed by atoms with Gasteiger partial charge in [-0.05, 0) is 47.8 Å². The van der Waals surface area contributed by atoms with Crippen molar-refractivity contribution in [1.29, 1.82) is 0 Å². The minimum Gasteiger partial charge on any atom is -0.459 e. The molecule has 30 heavy (non-hydrogen) atoms. The lowest BCUT2D eigenvalue weighted by Crippen LogP contribution is -2.28. The van der Waals surface area contributed by atoms with Gasteiger partial charge in [-0.3, -0.25) is 4.79 Å². The minimum atomic E-state index is -0.632. The van der Waals surface area contributed by atoms with Crippen LogP contribution < -0.4 is 5.32 Å². The molecule has 0 fully saturated rings. The molecule has 0 atom stereocenters. The molecule has 0 aliphatic rings. The lowest BCUT2D eigenvalue weighted by Gasteiger charge is -2.04. The summed E-state index contributed by atoms with van der Waals surface area (Å²) in [6.45, 7) is -0.210. The van der Waals surface area contributed by atoms with Crippen LogP contribution >= 0.6 is 34.3 Å². The fourth-order valence-corrected chi connectivity index (χ4v) is 4.29. The van der Waals surface area contributed by atoms with E-state index in [-0.39, 0.29) is 12.2 Å². The number of carbonyl (C=O) groups excluding carboxylic acids is 2. The van der Waals surface area contributed by atoms with E-state index in [0.717, 1.165) is 15.4 Å². The Bertz CT molecular complexity index is 1150. The number of thiophene rings is 1. The number of nitrogens with one attached hydrogen (secondary N) is 1. The maximum absolute atomic E-state index is 12.1. The first-order valence-corrected chi connectivity index (χ1v) is 11.0. The highest BCUT2D eigenvalue weighted by atomic mass is 35.5. The molecular weight excluding hydrogens is 444 g/mol. The third kappa shape index (κ3) is 4.96. The van der Waals surface area contributed by atoms with E-state index in [0.29, 0.717) is 16.5 Å². The smallest absolute Gasteiger partial charge is 0.358 e. The molecule has 0 bridgehead atoms. The molecule has 1 N–H and O–H groups in total. The summed E-state index contributed by atoms with van der Waals surface area (Å²) in [5.41, 5.74) is 1.07. The van der Waals surface area contributed by atoms with Gasteiger partial charge in [-0.2, -0.15) is 0 Å². The lowest BCUT2D eigenvalue weighted by molar-refractivity contribution is -0.124. The molecule has 0 radical (unpaired) electrons. The Morgan fingerprint density at radius 3 is 2.70 bits per heavy atom. The van der Waals surface area contributed by atoms with Crippen molar-refractivity contribution in [1.82, 2.24) is 10.3 Å². The Morgan fingerprint density at radius 2 is 1.93 bits per heavy atom. The van der Waals surface area contributed by atoms with Gasteiger partial charge in [0.2, 0.25) is 0 Å². The number of hydrogen-bond acceptors (Lipinski definition) is 7. The van der Waals surface area contributed by atoms with Crippen LogP contribution in [-0.2, 0) is 16.1 Å². The molecule has 0 saturated heterocycles. The van der Waals surface area contributed by atoms with E-state index in [1.54, 1.807) is 34.9 Å². The Hall–Kier alpha value is -2.94. The molecule has 0 aliphatic heterocycles. The fraction of sp³-hybridized carbons (Fsp3) is 0.0952. The number of esters is 1. The molecule has 4 aromatic rings. The van der Waals surface area contributed by atoms with Gasteiger partial charge in [-0.15, -0.1) is 22.7 Å². The van der Waals surface area contributed by atoms with Crippen molar-refractivity contribution < 1.29 is 18.7 Å². The summed E-state index contributed by atoms with van der Waals surface area (Å²) in [4.78, 5) is 29.3. The number of furan rings is 1. The van der Waals surface area contributed by atoms with Gasteiger partial charge in [0.25, 0.3) is 5.91 Å². The first-order chi connectivity index (χ1) is 14.6. The standard InChI is InChI=1S/C21H15ClN2O4S2/c22-14-5-3-13(4-6-14)17-8-7-15(28-17)10-23-19(25)11-27-21(26)16-12-30-20(24-16)18-2-1-9-29-18/h1-9,12H,10-11H2,(H,23,25). The van der Waals surface area contributed by atoms with Gasteiger partial charge < -0.3 is 14.5 Å². The van der Waals surface area contributed by atoms with E-state index in [1.165, 1.54) is 11.3 Å². The zero-order valence-electron chi connectivity index (χ0n) is 15.5. The van der Waals surface area contributed by atoms with Gasteiger partial charge in [0, 0.05) is 16.0 Å². The van der Waals surface area contributed by atoms with Crippen LogP contribution in [0.15, 0.2) is 63.7 Å². The van der Waals surface area contributed by atoms with Crippen molar-refractivity contribution in [3.05, 3.63) is 75.8 Å². The van der Waals surface area contributed by atoms with Crippen LogP contribution in [-0.4, -0.2) is 23.5 Å². The van der Waals surface area contributed by atoms with Crippen molar-refractivity contribution in [2.24, 2.45) is 0 Å². The second kappa shape index (κ2) is 9.25. The van der Waals surface area contributed by atoms with E-state index in [1.807, 2.05) is 35.7 Å². The topological polar surface area (TPSA) is 81.4 Å². The lowest BCUT2D eigenvalue weighted by atomic mass is 10.2. The summed E-state index contributed by atoms with van der Waals surface area (Å²) in [6, 6.07) is 14.7. The molecular formula is C21H15ClN2O4S2. The van der Waals surface area contributed by atoms with Crippen LogP contribution in [0.2, 0.25) is 5.02 Å². The van der Waals surface area contributed by atoms with Gasteiger partial charge in [0.1, 0.15) is 16.5 Å². The Labute approximate surface area is 185 Å². The number of carbonyl (C=O) groups is 2. The van der Waals surface area contributed by atoms with E-state index >= 15 is 0 Å². The van der Waals surface area contributed by atoms with Crippen LogP contribution in [0, 0.1) is 0 Å². The number of benzene rings is 1. The molecule has 6 nitrogen and oxygen atoms in total. The SMILES string of the molecule is O=C(COC(=O)c1csc(-c2cccs2)n1)NCc1ccc(-c2ccc(Cl)cc2)o1. The average Bonchev–Trinajstić information content (AvgIpc) is 3.52. The predicted octanol–water partition coefficient (Wildman–Crippen LogP) is 5.26. The van der Waals surface area contributed by atoms with Gasteiger partial charge in [0.05, 0.1) is 11.4 Å². The average molecular weight is 459 g/mol. The van der Waals surface area contributed by atoms with E-state index in [4.69, 9.17) is 20.8 Å². The van der Waals surface area contributed by atoms with E-state index < -0.39 is 18.5 Å². The molecule has 3 aromatic heterocycles. The molecule has 0 spiro atoms. The Morgan fingerprint density at radius 1 is 1.10 bits per heavy atom. The highest BCUT2D eigenvalue weighted by molar-refractivity contribution is 7.20. The molecule has 9 heteroatoms. The third-order valence-corrected chi connectivity index (χ3v) is 6.16. The molecule has 1 amide bonds. The Balaban J connectivity index is 1.25. The first kappa shape index (κ1) is 20.3. The quantitative estimate of drug-likeness (QED) is 0.382. The number of hydrogen-bond donors (Lipinski definition) is 1. The number of aromatic nitrogens is 1. The zero-order valence-corrected chi connectivity index (χ0v) is 17.9. The van der Waals surface area contributed by atoms with Crippen LogP contribution in [0.25, 0.3) is 21.2 Å². The van der Waals surface area contributed by atoms with Crippen LogP contribution in [0.3, 0.4) is 0 Å². The monoisotopic (exact) mass is 458 g/mol. The van der Waals surface area contributed by atoms with Gasteiger partial charge in [-0.25, -0.2) is 9.78 Å². The second-order valence-corrected chi connectivity index (χ2v) is 8.38. The molecule has 4 rings (SSSR count). The highest BCUT2D eigenvalue weighted by Crippen LogP contribution is 2.28. The molecule has 0 saturated carbocycles.